The maximum Gasteiger partial charge on any atom is 0.418 e. The molecule has 3 rings (SSSR count). The molecule has 0 atom stereocenters. The molecule has 26 heavy (non-hydrogen) atoms. The van der Waals surface area contributed by atoms with Crippen LogP contribution in [-0.2, 0) is 6.18 Å². The molecule has 1 amide bonds. The van der Waals surface area contributed by atoms with Crippen molar-refractivity contribution in [2.45, 2.75) is 25.4 Å². The minimum absolute atomic E-state index is 0.0220. The maximum absolute atomic E-state index is 13.1. The van der Waals surface area contributed by atoms with Crippen molar-refractivity contribution in [2.24, 2.45) is 0 Å². The van der Waals surface area contributed by atoms with Gasteiger partial charge >= 0.3 is 6.18 Å². The van der Waals surface area contributed by atoms with E-state index in [4.69, 9.17) is 11.6 Å². The molecule has 2 heterocycles. The van der Waals surface area contributed by atoms with Gasteiger partial charge in [-0.3, -0.25) is 4.79 Å². The quantitative estimate of drug-likeness (QED) is 0.845. The second kappa shape index (κ2) is 7.49. The highest BCUT2D eigenvalue weighted by Crippen LogP contribution is 2.37. The van der Waals surface area contributed by atoms with Crippen LogP contribution in [0.15, 0.2) is 30.6 Å². The van der Waals surface area contributed by atoms with Crippen molar-refractivity contribution >= 4 is 29.1 Å². The van der Waals surface area contributed by atoms with E-state index in [1.165, 1.54) is 24.5 Å². The van der Waals surface area contributed by atoms with Gasteiger partial charge in [0.25, 0.3) is 5.91 Å². The summed E-state index contributed by atoms with van der Waals surface area (Å²) in [5, 5.41) is 2.50. The molecule has 1 fully saturated rings. The summed E-state index contributed by atoms with van der Waals surface area (Å²) in [5.74, 6) is -0.202. The van der Waals surface area contributed by atoms with E-state index in [1.54, 1.807) is 4.90 Å². The number of piperidine rings is 1. The van der Waals surface area contributed by atoms with Crippen LogP contribution in [0.4, 0.5) is 24.8 Å². The van der Waals surface area contributed by atoms with E-state index in [-0.39, 0.29) is 22.6 Å². The van der Waals surface area contributed by atoms with Gasteiger partial charge in [-0.05, 0) is 37.5 Å². The van der Waals surface area contributed by atoms with Crippen molar-refractivity contribution in [2.75, 3.05) is 18.4 Å². The van der Waals surface area contributed by atoms with Crippen molar-refractivity contribution in [3.63, 3.8) is 0 Å². The van der Waals surface area contributed by atoms with Crippen LogP contribution in [0.5, 0.6) is 0 Å². The molecule has 0 unspecified atom stereocenters. The molecule has 9 heteroatoms. The van der Waals surface area contributed by atoms with Gasteiger partial charge in [-0.2, -0.15) is 13.2 Å². The number of benzene rings is 1. The first kappa shape index (κ1) is 18.4. The van der Waals surface area contributed by atoms with Crippen molar-refractivity contribution in [1.29, 1.82) is 0 Å². The average molecular weight is 385 g/mol. The van der Waals surface area contributed by atoms with Crippen LogP contribution in [0, 0.1) is 0 Å². The topological polar surface area (TPSA) is 58.1 Å². The minimum atomic E-state index is -4.57. The minimum Gasteiger partial charge on any atom is -0.339 e. The highest BCUT2D eigenvalue weighted by Gasteiger charge is 2.34. The van der Waals surface area contributed by atoms with Crippen molar-refractivity contribution < 1.29 is 18.0 Å². The molecule has 0 radical (unpaired) electrons. The zero-order chi connectivity index (χ0) is 18.7. The molecule has 5 nitrogen and oxygen atoms in total. The molecule has 0 saturated carbocycles. The molecule has 138 valence electrons. The zero-order valence-corrected chi connectivity index (χ0v) is 14.4. The van der Waals surface area contributed by atoms with Crippen molar-refractivity contribution in [3.05, 3.63) is 46.7 Å². The highest BCUT2D eigenvalue weighted by molar-refractivity contribution is 6.30. The van der Waals surface area contributed by atoms with Crippen LogP contribution in [-0.4, -0.2) is 33.9 Å². The molecule has 1 saturated heterocycles. The molecule has 1 aliphatic heterocycles. The molecule has 2 aromatic rings. The van der Waals surface area contributed by atoms with E-state index in [0.717, 1.165) is 25.3 Å². The Morgan fingerprint density at radius 3 is 2.38 bits per heavy atom. The lowest BCUT2D eigenvalue weighted by atomic mass is 10.1. The number of hydrogen-bond donors (Lipinski definition) is 1. The van der Waals surface area contributed by atoms with E-state index in [1.807, 2.05) is 0 Å². The van der Waals surface area contributed by atoms with Gasteiger partial charge < -0.3 is 10.2 Å². The number of rotatable bonds is 3. The summed E-state index contributed by atoms with van der Waals surface area (Å²) >= 11 is 5.65. The van der Waals surface area contributed by atoms with Crippen LogP contribution in [0.25, 0.3) is 0 Å². The third kappa shape index (κ3) is 4.24. The van der Waals surface area contributed by atoms with E-state index in [0.29, 0.717) is 18.7 Å². The molecule has 1 aromatic heterocycles. The van der Waals surface area contributed by atoms with Gasteiger partial charge in [0.2, 0.25) is 5.95 Å². The number of amides is 1. The predicted molar refractivity (Wildman–Crippen MR) is 91.5 cm³/mol. The fourth-order valence-corrected chi connectivity index (χ4v) is 2.94. The Hall–Kier alpha value is -2.35. The first-order valence-electron chi connectivity index (χ1n) is 8.10. The van der Waals surface area contributed by atoms with Gasteiger partial charge in [0.1, 0.15) is 0 Å². The first-order chi connectivity index (χ1) is 12.3. The number of alkyl halides is 3. The number of halogens is 4. The van der Waals surface area contributed by atoms with E-state index < -0.39 is 11.7 Å². The third-order valence-electron chi connectivity index (χ3n) is 4.08. The Kier molecular flexibility index (Phi) is 5.31. The summed E-state index contributed by atoms with van der Waals surface area (Å²) in [6.07, 6.45) is 1.08. The number of carbonyl (C=O) groups excluding carboxylic acids is 1. The lowest BCUT2D eigenvalue weighted by molar-refractivity contribution is -0.136. The number of carbonyl (C=O) groups is 1. The molecule has 0 spiro atoms. The summed E-state index contributed by atoms with van der Waals surface area (Å²) in [7, 11) is 0. The largest absolute Gasteiger partial charge is 0.418 e. The third-order valence-corrected chi connectivity index (χ3v) is 4.31. The number of aromatic nitrogens is 2. The Morgan fingerprint density at radius 2 is 1.77 bits per heavy atom. The molecule has 1 N–H and O–H groups in total. The Bertz CT molecular complexity index is 790. The number of hydrogen-bond acceptors (Lipinski definition) is 4. The smallest absolute Gasteiger partial charge is 0.339 e. The fourth-order valence-electron chi connectivity index (χ4n) is 2.76. The summed E-state index contributed by atoms with van der Waals surface area (Å²) in [5.41, 5.74) is -0.816. The molecule has 1 aromatic carbocycles. The fraction of sp³-hybridized carbons (Fsp3) is 0.353. The van der Waals surface area contributed by atoms with Gasteiger partial charge in [-0.25, -0.2) is 9.97 Å². The molecule has 0 aliphatic carbocycles. The maximum atomic E-state index is 13.1. The summed E-state index contributed by atoms with van der Waals surface area (Å²) < 4.78 is 39.4. The Morgan fingerprint density at radius 1 is 1.12 bits per heavy atom. The standard InChI is InChI=1S/C17H16ClF3N4O/c18-12-4-5-14(13(8-12)17(19,20)21)24-16-22-9-11(10-23-16)15(26)25-6-2-1-3-7-25/h4-5,8-10H,1-3,6-7H2,(H,22,23,24). The van der Waals surface area contributed by atoms with Gasteiger partial charge in [-0.1, -0.05) is 11.6 Å². The average Bonchev–Trinajstić information content (AvgIpc) is 2.63. The van der Waals surface area contributed by atoms with Gasteiger partial charge in [0.15, 0.2) is 0 Å². The van der Waals surface area contributed by atoms with Crippen molar-refractivity contribution in [3.8, 4) is 0 Å². The Labute approximate surface area is 153 Å². The van der Waals surface area contributed by atoms with Gasteiger partial charge in [-0.15, -0.1) is 0 Å². The molecule has 0 bridgehead atoms. The first-order valence-corrected chi connectivity index (χ1v) is 8.47. The van der Waals surface area contributed by atoms with Crippen molar-refractivity contribution in [1.82, 2.24) is 14.9 Å². The SMILES string of the molecule is O=C(c1cnc(Nc2ccc(Cl)cc2C(F)(F)F)nc1)N1CCCCC1. The number of anilines is 2. The molecular weight excluding hydrogens is 369 g/mol. The molecule has 1 aliphatic rings. The number of likely N-dealkylation sites (tertiary alicyclic amines) is 1. The summed E-state index contributed by atoms with van der Waals surface area (Å²) in [6.45, 7) is 1.39. The Balaban J connectivity index is 1.77. The second-order valence-corrected chi connectivity index (χ2v) is 6.40. The lowest BCUT2D eigenvalue weighted by Crippen LogP contribution is -2.35. The summed E-state index contributed by atoms with van der Waals surface area (Å²) in [4.78, 5) is 22.0. The summed E-state index contributed by atoms with van der Waals surface area (Å²) in [6, 6.07) is 3.38. The van der Waals surface area contributed by atoms with Gasteiger partial charge in [0.05, 0.1) is 16.8 Å². The normalized spacial score (nSPS) is 15.0. The van der Waals surface area contributed by atoms with Crippen LogP contribution < -0.4 is 5.32 Å². The lowest BCUT2D eigenvalue weighted by Gasteiger charge is -2.26. The number of nitrogens with one attached hydrogen (secondary N) is 1. The van der Waals surface area contributed by atoms with Crippen LogP contribution in [0.1, 0.15) is 35.2 Å². The van der Waals surface area contributed by atoms with E-state index in [2.05, 4.69) is 15.3 Å². The molecular formula is C17H16ClF3N4O. The monoisotopic (exact) mass is 384 g/mol. The van der Waals surface area contributed by atoms with Crippen LogP contribution >= 0.6 is 11.6 Å². The predicted octanol–water partition coefficient (Wildman–Crippen LogP) is 4.52. The van der Waals surface area contributed by atoms with Crippen LogP contribution in [0.3, 0.4) is 0 Å². The van der Waals surface area contributed by atoms with Gasteiger partial charge in [0, 0.05) is 30.5 Å². The highest BCUT2D eigenvalue weighted by atomic mass is 35.5. The van der Waals surface area contributed by atoms with E-state index >= 15 is 0 Å². The van der Waals surface area contributed by atoms with Crippen LogP contribution in [0.2, 0.25) is 5.02 Å². The zero-order valence-electron chi connectivity index (χ0n) is 13.7. The van der Waals surface area contributed by atoms with E-state index in [9.17, 15) is 18.0 Å². The number of nitrogens with zero attached hydrogens (tertiary/aromatic N) is 3. The second-order valence-electron chi connectivity index (χ2n) is 5.96.